The largest absolute Gasteiger partial charge is 0.271 e. The molecule has 0 aromatic heterocycles. The van der Waals surface area contributed by atoms with Crippen LogP contribution in [0.4, 0.5) is 0 Å². The molecule has 0 saturated carbocycles. The van der Waals surface area contributed by atoms with E-state index in [1.54, 1.807) is 60.7 Å². The number of fused-ring (bicyclic) bond motifs is 2. The van der Waals surface area contributed by atoms with Crippen molar-refractivity contribution in [3.8, 4) is 0 Å². The number of imide groups is 2. The van der Waals surface area contributed by atoms with Crippen LogP contribution in [0.3, 0.4) is 0 Å². The first-order valence-corrected chi connectivity index (χ1v) is 11.6. The smallest absolute Gasteiger partial charge is 0.261 e. The van der Waals surface area contributed by atoms with Gasteiger partial charge in [0.15, 0.2) is 0 Å². The molecular weight excluding hydrogens is 428 g/mol. The van der Waals surface area contributed by atoms with Crippen molar-refractivity contribution >= 4 is 23.6 Å². The Hall–Kier alpha value is -3.80. The summed E-state index contributed by atoms with van der Waals surface area (Å²) in [5, 5.41) is 0. The Balaban J connectivity index is 0.000000191. The highest BCUT2D eigenvalue weighted by Gasteiger charge is 2.39. The summed E-state index contributed by atoms with van der Waals surface area (Å²) >= 11 is 0. The maximum absolute atomic E-state index is 12.2. The summed E-state index contributed by atoms with van der Waals surface area (Å²) in [5.74, 6) is -0.725. The summed E-state index contributed by atoms with van der Waals surface area (Å²) in [5.41, 5.74) is 2.06. The van der Waals surface area contributed by atoms with Gasteiger partial charge in [-0.2, -0.15) is 0 Å². The molecule has 4 rings (SSSR count). The monoisotopic (exact) mass is 458 g/mol. The van der Waals surface area contributed by atoms with Gasteiger partial charge in [0.2, 0.25) is 0 Å². The summed E-state index contributed by atoms with van der Waals surface area (Å²) in [6.07, 6.45) is 6.27. The maximum atomic E-state index is 12.2. The normalized spacial score (nSPS) is 15.9. The number of carbonyl (C=O) groups is 4. The number of nitrogens with zero attached hydrogens (tertiary/aromatic N) is 2. The molecule has 0 bridgehead atoms. The lowest BCUT2D eigenvalue weighted by Crippen LogP contribution is -2.39. The van der Waals surface area contributed by atoms with Crippen molar-refractivity contribution in [3.63, 3.8) is 0 Å². The molecule has 0 fully saturated rings. The van der Waals surface area contributed by atoms with Crippen molar-refractivity contribution in [2.24, 2.45) is 0 Å². The number of hydrogen-bond acceptors (Lipinski definition) is 4. The second-order valence-electron chi connectivity index (χ2n) is 8.22. The van der Waals surface area contributed by atoms with Crippen LogP contribution < -0.4 is 0 Å². The molecule has 2 aliphatic heterocycles. The standard InChI is InChI=1S/2C14H15NO2/c2*1-3-7-10(4-2)15-13(16)11-8-5-6-9-12(11)14(15)17/h2*3,5-6,8-10H,1,4,7H2,2H3. The van der Waals surface area contributed by atoms with Gasteiger partial charge in [0.1, 0.15) is 0 Å². The Kier molecular flexibility index (Phi) is 7.95. The van der Waals surface area contributed by atoms with E-state index in [-0.39, 0.29) is 35.7 Å². The fourth-order valence-electron chi connectivity index (χ4n) is 4.37. The lowest BCUT2D eigenvalue weighted by molar-refractivity contribution is 0.0565. The van der Waals surface area contributed by atoms with Gasteiger partial charge in [0.25, 0.3) is 23.6 Å². The van der Waals surface area contributed by atoms with Crippen LogP contribution in [0.25, 0.3) is 0 Å². The predicted molar refractivity (Wildman–Crippen MR) is 132 cm³/mol. The van der Waals surface area contributed by atoms with Gasteiger partial charge in [-0.15, -0.1) is 13.2 Å². The predicted octanol–water partition coefficient (Wildman–Crippen LogP) is 5.27. The molecule has 2 aromatic carbocycles. The van der Waals surface area contributed by atoms with E-state index in [1.807, 2.05) is 13.8 Å². The fourth-order valence-corrected chi connectivity index (χ4v) is 4.37. The van der Waals surface area contributed by atoms with E-state index in [2.05, 4.69) is 13.2 Å². The van der Waals surface area contributed by atoms with Gasteiger partial charge in [0, 0.05) is 12.1 Å². The highest BCUT2D eigenvalue weighted by atomic mass is 16.2. The number of hydrogen-bond donors (Lipinski definition) is 0. The zero-order valence-corrected chi connectivity index (χ0v) is 19.7. The molecule has 0 N–H and O–H groups in total. The third-order valence-corrected chi connectivity index (χ3v) is 6.20. The molecule has 0 spiro atoms. The van der Waals surface area contributed by atoms with Crippen molar-refractivity contribution in [1.82, 2.24) is 9.80 Å². The van der Waals surface area contributed by atoms with Crippen LogP contribution in [0.2, 0.25) is 0 Å². The number of amides is 4. The highest BCUT2D eigenvalue weighted by Crippen LogP contribution is 2.27. The van der Waals surface area contributed by atoms with E-state index in [1.165, 1.54) is 9.80 Å². The molecule has 34 heavy (non-hydrogen) atoms. The molecular formula is C28H30N2O4. The van der Waals surface area contributed by atoms with Gasteiger partial charge < -0.3 is 0 Å². The molecule has 2 aromatic rings. The second kappa shape index (κ2) is 10.9. The summed E-state index contributed by atoms with van der Waals surface area (Å²) in [7, 11) is 0. The topological polar surface area (TPSA) is 74.8 Å². The zero-order valence-electron chi connectivity index (χ0n) is 19.7. The Morgan fingerprint density at radius 2 is 0.882 bits per heavy atom. The SMILES string of the molecule is C=CCC(CC)N1C(=O)c2ccccc2C1=O.C=CCC(CC)N1C(=O)c2ccccc2C1=O. The van der Waals surface area contributed by atoms with Gasteiger partial charge in [-0.3, -0.25) is 29.0 Å². The molecule has 2 heterocycles. The number of benzene rings is 2. The van der Waals surface area contributed by atoms with Gasteiger partial charge >= 0.3 is 0 Å². The first-order valence-electron chi connectivity index (χ1n) is 11.6. The first kappa shape index (κ1) is 24.8. The Bertz CT molecular complexity index is 977. The molecule has 0 aliphatic carbocycles. The molecule has 176 valence electrons. The molecule has 6 nitrogen and oxygen atoms in total. The minimum atomic E-state index is -0.181. The van der Waals surface area contributed by atoms with Crippen molar-refractivity contribution in [1.29, 1.82) is 0 Å². The third kappa shape index (κ3) is 4.49. The molecule has 0 radical (unpaired) electrons. The van der Waals surface area contributed by atoms with E-state index in [0.717, 1.165) is 12.8 Å². The maximum Gasteiger partial charge on any atom is 0.261 e. The minimum absolute atomic E-state index is 0.0834. The number of carbonyl (C=O) groups excluding carboxylic acids is 4. The van der Waals surface area contributed by atoms with Gasteiger partial charge in [-0.25, -0.2) is 0 Å². The van der Waals surface area contributed by atoms with E-state index < -0.39 is 0 Å². The average Bonchev–Trinajstić information content (AvgIpc) is 3.26. The first-order chi connectivity index (χ1) is 16.4. The summed E-state index contributed by atoms with van der Waals surface area (Å²) in [6.45, 7) is 11.3. The van der Waals surface area contributed by atoms with Crippen LogP contribution in [-0.4, -0.2) is 45.5 Å². The third-order valence-electron chi connectivity index (χ3n) is 6.20. The molecule has 2 aliphatic rings. The lowest BCUT2D eigenvalue weighted by Gasteiger charge is -2.23. The van der Waals surface area contributed by atoms with E-state index in [0.29, 0.717) is 35.1 Å². The van der Waals surface area contributed by atoms with Crippen molar-refractivity contribution in [2.45, 2.75) is 51.6 Å². The van der Waals surface area contributed by atoms with Crippen molar-refractivity contribution in [3.05, 3.63) is 96.1 Å². The quantitative estimate of drug-likeness (QED) is 0.399. The van der Waals surface area contributed by atoms with E-state index in [4.69, 9.17) is 0 Å². The van der Waals surface area contributed by atoms with Gasteiger partial charge in [-0.05, 0) is 49.9 Å². The second-order valence-corrected chi connectivity index (χ2v) is 8.22. The van der Waals surface area contributed by atoms with Gasteiger partial charge in [-0.1, -0.05) is 50.3 Å². The Labute approximate surface area is 200 Å². The molecule has 2 unspecified atom stereocenters. The van der Waals surface area contributed by atoms with E-state index >= 15 is 0 Å². The molecule has 0 saturated heterocycles. The van der Waals surface area contributed by atoms with Gasteiger partial charge in [0.05, 0.1) is 22.3 Å². The highest BCUT2D eigenvalue weighted by molar-refractivity contribution is 6.22. The van der Waals surface area contributed by atoms with Crippen molar-refractivity contribution < 1.29 is 19.2 Å². The van der Waals surface area contributed by atoms with Crippen LogP contribution in [0.1, 0.15) is 81.0 Å². The van der Waals surface area contributed by atoms with Crippen LogP contribution in [0.5, 0.6) is 0 Å². The Morgan fingerprint density at radius 1 is 0.618 bits per heavy atom. The van der Waals surface area contributed by atoms with E-state index in [9.17, 15) is 19.2 Å². The lowest BCUT2D eigenvalue weighted by atomic mass is 10.1. The molecule has 2 atom stereocenters. The van der Waals surface area contributed by atoms with Crippen LogP contribution in [-0.2, 0) is 0 Å². The van der Waals surface area contributed by atoms with Crippen LogP contribution in [0, 0.1) is 0 Å². The Morgan fingerprint density at radius 3 is 1.09 bits per heavy atom. The average molecular weight is 459 g/mol. The number of rotatable bonds is 8. The molecule has 4 amide bonds. The summed E-state index contributed by atoms with van der Waals surface area (Å²) in [6, 6.07) is 13.8. The summed E-state index contributed by atoms with van der Waals surface area (Å²) in [4.78, 5) is 51.3. The zero-order chi connectivity index (χ0) is 24.8. The summed E-state index contributed by atoms with van der Waals surface area (Å²) < 4.78 is 0. The fraction of sp³-hybridized carbons (Fsp3) is 0.286. The van der Waals surface area contributed by atoms with Crippen LogP contribution in [0.15, 0.2) is 73.8 Å². The minimum Gasteiger partial charge on any atom is -0.271 e. The van der Waals surface area contributed by atoms with Crippen LogP contribution >= 0.6 is 0 Å². The van der Waals surface area contributed by atoms with Crippen molar-refractivity contribution in [2.75, 3.05) is 0 Å². The molecule has 6 heteroatoms.